The molecule has 0 aliphatic carbocycles. The van der Waals surface area contributed by atoms with Gasteiger partial charge in [-0.3, -0.25) is 9.89 Å². The first-order valence-electron chi connectivity index (χ1n) is 9.13. The summed E-state index contributed by atoms with van der Waals surface area (Å²) in [7, 11) is 6.37. The lowest BCUT2D eigenvalue weighted by atomic mass is 10.2. The summed E-state index contributed by atoms with van der Waals surface area (Å²) in [5.74, 6) is 0.973. The molecule has 25 heavy (non-hydrogen) atoms. The number of hydrogen-bond donors (Lipinski definition) is 1. The average Bonchev–Trinajstić information content (AvgIpc) is 2.89. The molecule has 1 unspecified atom stereocenters. The second kappa shape index (κ2) is 9.59. The molecular formula is C18H33BrN6. The van der Waals surface area contributed by atoms with Crippen molar-refractivity contribution in [1.29, 1.82) is 0 Å². The number of guanidine groups is 1. The van der Waals surface area contributed by atoms with Crippen LogP contribution in [0.25, 0.3) is 0 Å². The van der Waals surface area contributed by atoms with Gasteiger partial charge in [0.05, 0.1) is 13.1 Å². The van der Waals surface area contributed by atoms with E-state index in [9.17, 15) is 0 Å². The van der Waals surface area contributed by atoms with Crippen LogP contribution in [0.5, 0.6) is 0 Å². The van der Waals surface area contributed by atoms with Crippen molar-refractivity contribution in [3.05, 3.63) is 22.4 Å². The summed E-state index contributed by atoms with van der Waals surface area (Å²) < 4.78 is 3.26. The molecule has 1 aliphatic rings. The Hall–Kier alpha value is -1.05. The molecule has 1 aliphatic heterocycles. The molecule has 1 atom stereocenters. The third-order valence-corrected chi connectivity index (χ3v) is 5.27. The van der Waals surface area contributed by atoms with Crippen molar-refractivity contribution in [3.63, 3.8) is 0 Å². The molecule has 2 heterocycles. The number of nitrogens with zero attached hydrogens (tertiary/aromatic N) is 5. The van der Waals surface area contributed by atoms with E-state index in [0.717, 1.165) is 56.2 Å². The standard InChI is InChI=1S/C18H33BrN6/c1-6-20-18(24(5)14-17-11-16(19)13-23(17)4)21-12-15(2)25-9-7-22(3)8-10-25/h11,13,15H,6-10,12,14H2,1-5H3,(H,20,21). The van der Waals surface area contributed by atoms with Crippen molar-refractivity contribution < 1.29 is 0 Å². The SMILES string of the molecule is CCNC(=NCC(C)N1CCN(C)CC1)N(C)Cc1cc(Br)cn1C. The van der Waals surface area contributed by atoms with Crippen LogP contribution in [0.2, 0.25) is 0 Å². The third kappa shape index (κ3) is 6.01. The molecule has 0 radical (unpaired) electrons. The second-order valence-corrected chi connectivity index (χ2v) is 7.92. The quantitative estimate of drug-likeness (QED) is 0.571. The molecule has 1 N–H and O–H groups in total. The number of halogens is 1. The van der Waals surface area contributed by atoms with Crippen LogP contribution in [0, 0.1) is 0 Å². The highest BCUT2D eigenvalue weighted by molar-refractivity contribution is 9.10. The minimum absolute atomic E-state index is 0.472. The Balaban J connectivity index is 1.95. The Labute approximate surface area is 161 Å². The van der Waals surface area contributed by atoms with Crippen LogP contribution in [-0.4, -0.2) is 84.6 Å². The van der Waals surface area contributed by atoms with E-state index in [2.05, 4.69) is 87.8 Å². The first kappa shape index (κ1) is 20.3. The zero-order valence-electron chi connectivity index (χ0n) is 16.3. The lowest BCUT2D eigenvalue weighted by Gasteiger charge is -2.36. The van der Waals surface area contributed by atoms with E-state index in [1.54, 1.807) is 0 Å². The molecule has 1 aromatic heterocycles. The second-order valence-electron chi connectivity index (χ2n) is 7.00. The monoisotopic (exact) mass is 412 g/mol. The van der Waals surface area contributed by atoms with Crippen LogP contribution in [0.15, 0.2) is 21.7 Å². The fourth-order valence-electron chi connectivity index (χ4n) is 3.11. The number of rotatable bonds is 6. The fourth-order valence-corrected chi connectivity index (χ4v) is 3.68. The molecule has 0 bridgehead atoms. The number of hydrogen-bond acceptors (Lipinski definition) is 3. The summed E-state index contributed by atoms with van der Waals surface area (Å²) in [5, 5.41) is 3.42. The molecule has 1 saturated heterocycles. The van der Waals surface area contributed by atoms with Gasteiger partial charge >= 0.3 is 0 Å². The number of aliphatic imine (C=N–C) groups is 1. The molecule has 142 valence electrons. The van der Waals surface area contributed by atoms with Crippen molar-refractivity contribution >= 4 is 21.9 Å². The summed E-state index contributed by atoms with van der Waals surface area (Å²) >= 11 is 3.54. The molecule has 0 spiro atoms. The van der Waals surface area contributed by atoms with Gasteiger partial charge in [0.2, 0.25) is 0 Å². The Morgan fingerprint density at radius 3 is 2.56 bits per heavy atom. The Morgan fingerprint density at radius 1 is 1.32 bits per heavy atom. The average molecular weight is 413 g/mol. The molecule has 0 aromatic carbocycles. The van der Waals surface area contributed by atoms with E-state index in [4.69, 9.17) is 4.99 Å². The number of piperazine rings is 1. The maximum atomic E-state index is 4.90. The topological polar surface area (TPSA) is 39.0 Å². The molecule has 0 saturated carbocycles. The first-order valence-corrected chi connectivity index (χ1v) is 9.92. The Morgan fingerprint density at radius 2 is 2.00 bits per heavy atom. The lowest BCUT2D eigenvalue weighted by molar-refractivity contribution is 0.122. The van der Waals surface area contributed by atoms with Gasteiger partial charge < -0.3 is 19.7 Å². The van der Waals surface area contributed by atoms with Crippen LogP contribution in [0.4, 0.5) is 0 Å². The van der Waals surface area contributed by atoms with Gasteiger partial charge in [0, 0.05) is 69.2 Å². The predicted octanol–water partition coefficient (Wildman–Crippen LogP) is 1.82. The maximum Gasteiger partial charge on any atom is 0.194 e. The van der Waals surface area contributed by atoms with Crippen molar-refractivity contribution in [2.24, 2.45) is 12.0 Å². The van der Waals surface area contributed by atoms with E-state index in [1.807, 2.05) is 0 Å². The number of likely N-dealkylation sites (N-methyl/N-ethyl adjacent to an activating group) is 1. The van der Waals surface area contributed by atoms with E-state index < -0.39 is 0 Å². The van der Waals surface area contributed by atoms with Crippen molar-refractivity contribution in [1.82, 2.24) is 24.6 Å². The van der Waals surface area contributed by atoms with Crippen LogP contribution >= 0.6 is 15.9 Å². The Kier molecular flexibility index (Phi) is 7.78. The molecule has 1 aromatic rings. The van der Waals surface area contributed by atoms with E-state index in [1.165, 1.54) is 5.69 Å². The summed E-state index contributed by atoms with van der Waals surface area (Å²) in [6, 6.07) is 2.63. The first-order chi connectivity index (χ1) is 11.9. The number of nitrogens with one attached hydrogen (secondary N) is 1. The minimum atomic E-state index is 0.472. The molecule has 1 fully saturated rings. The fraction of sp³-hybridized carbons (Fsp3) is 0.722. The normalized spacial score (nSPS) is 18.4. The maximum absolute atomic E-state index is 4.90. The Bertz CT molecular complexity index is 562. The van der Waals surface area contributed by atoms with E-state index in [0.29, 0.717) is 6.04 Å². The summed E-state index contributed by atoms with van der Waals surface area (Å²) in [5.41, 5.74) is 1.26. The zero-order chi connectivity index (χ0) is 18.4. The molecular weight excluding hydrogens is 380 g/mol. The highest BCUT2D eigenvalue weighted by Gasteiger charge is 2.19. The van der Waals surface area contributed by atoms with Crippen LogP contribution < -0.4 is 5.32 Å². The zero-order valence-corrected chi connectivity index (χ0v) is 17.9. The molecule has 6 nitrogen and oxygen atoms in total. The van der Waals surface area contributed by atoms with Crippen LogP contribution in [0.3, 0.4) is 0 Å². The molecule has 2 rings (SSSR count). The van der Waals surface area contributed by atoms with Crippen LogP contribution in [0.1, 0.15) is 19.5 Å². The molecule has 7 heteroatoms. The van der Waals surface area contributed by atoms with E-state index in [-0.39, 0.29) is 0 Å². The summed E-state index contributed by atoms with van der Waals surface area (Å²) in [6.07, 6.45) is 2.09. The van der Waals surface area contributed by atoms with Gasteiger partial charge in [0.1, 0.15) is 0 Å². The highest BCUT2D eigenvalue weighted by Crippen LogP contribution is 2.15. The third-order valence-electron chi connectivity index (χ3n) is 4.84. The molecule has 0 amide bonds. The smallest absolute Gasteiger partial charge is 0.194 e. The van der Waals surface area contributed by atoms with Gasteiger partial charge in [-0.05, 0) is 42.9 Å². The van der Waals surface area contributed by atoms with E-state index >= 15 is 0 Å². The predicted molar refractivity (Wildman–Crippen MR) is 109 cm³/mol. The van der Waals surface area contributed by atoms with Gasteiger partial charge in [0.25, 0.3) is 0 Å². The van der Waals surface area contributed by atoms with Gasteiger partial charge in [-0.2, -0.15) is 0 Å². The van der Waals surface area contributed by atoms with Gasteiger partial charge in [0.15, 0.2) is 5.96 Å². The number of aromatic nitrogens is 1. The largest absolute Gasteiger partial charge is 0.357 e. The highest BCUT2D eigenvalue weighted by atomic mass is 79.9. The van der Waals surface area contributed by atoms with Gasteiger partial charge in [-0.15, -0.1) is 0 Å². The van der Waals surface area contributed by atoms with Gasteiger partial charge in [-0.1, -0.05) is 0 Å². The van der Waals surface area contributed by atoms with Crippen molar-refractivity contribution in [2.45, 2.75) is 26.4 Å². The minimum Gasteiger partial charge on any atom is -0.357 e. The van der Waals surface area contributed by atoms with Gasteiger partial charge in [-0.25, -0.2) is 0 Å². The van der Waals surface area contributed by atoms with Crippen molar-refractivity contribution in [3.8, 4) is 0 Å². The van der Waals surface area contributed by atoms with Crippen LogP contribution in [-0.2, 0) is 13.6 Å². The number of aryl methyl sites for hydroxylation is 1. The lowest BCUT2D eigenvalue weighted by Crippen LogP contribution is -2.49. The summed E-state index contributed by atoms with van der Waals surface area (Å²) in [6.45, 7) is 11.5. The summed E-state index contributed by atoms with van der Waals surface area (Å²) in [4.78, 5) is 12.0. The van der Waals surface area contributed by atoms with Crippen molar-refractivity contribution in [2.75, 3.05) is 53.4 Å².